The van der Waals surface area contributed by atoms with Gasteiger partial charge < -0.3 is 5.32 Å². The van der Waals surface area contributed by atoms with Crippen LogP contribution in [0.5, 0.6) is 0 Å². The minimum Gasteiger partial charge on any atom is -0.353 e. The first-order valence-electron chi connectivity index (χ1n) is 4.92. The lowest BCUT2D eigenvalue weighted by atomic mass is 10.2. The quantitative estimate of drug-likeness (QED) is 0.871. The first-order chi connectivity index (χ1) is 8.22. The zero-order chi connectivity index (χ0) is 12.3. The van der Waals surface area contributed by atoms with Crippen molar-refractivity contribution in [3.05, 3.63) is 57.5 Å². The molecule has 0 fully saturated rings. The van der Waals surface area contributed by atoms with Gasteiger partial charge in [-0.3, -0.25) is 0 Å². The molecule has 0 spiro atoms. The van der Waals surface area contributed by atoms with Crippen molar-refractivity contribution in [2.24, 2.45) is 0 Å². The van der Waals surface area contributed by atoms with Crippen LogP contribution in [-0.2, 0) is 0 Å². The van der Waals surface area contributed by atoms with Crippen molar-refractivity contribution >= 4 is 38.9 Å². The lowest BCUT2D eigenvalue weighted by Gasteiger charge is -2.10. The summed E-state index contributed by atoms with van der Waals surface area (Å²) in [6, 6.07) is 15.0. The van der Waals surface area contributed by atoms with Gasteiger partial charge in [-0.15, -0.1) is 0 Å². The first-order valence-corrected chi connectivity index (χ1v) is 6.09. The molecule has 0 amide bonds. The summed E-state index contributed by atoms with van der Waals surface area (Å²) in [5, 5.41) is 12.8. The summed E-state index contributed by atoms with van der Waals surface area (Å²) >= 11 is 9.41. The molecule has 0 atom stereocenters. The molecule has 0 aromatic heterocycles. The number of para-hydroxylation sites is 1. The molecule has 2 nitrogen and oxygen atoms in total. The standard InChI is InChI=1S/C13H8BrClN2/c14-13-10(15)5-3-7-12(13)17-11-6-2-1-4-9(11)8-16/h1-7,17H. The van der Waals surface area contributed by atoms with E-state index in [9.17, 15) is 0 Å². The third-order valence-electron chi connectivity index (χ3n) is 2.27. The monoisotopic (exact) mass is 306 g/mol. The Labute approximate surface area is 113 Å². The minimum absolute atomic E-state index is 0.597. The van der Waals surface area contributed by atoms with E-state index >= 15 is 0 Å². The van der Waals surface area contributed by atoms with E-state index in [1.54, 1.807) is 12.1 Å². The van der Waals surface area contributed by atoms with Gasteiger partial charge in [0.1, 0.15) is 6.07 Å². The molecule has 0 radical (unpaired) electrons. The maximum atomic E-state index is 8.99. The predicted octanol–water partition coefficient (Wildman–Crippen LogP) is 4.72. The number of hydrogen-bond donors (Lipinski definition) is 1. The van der Waals surface area contributed by atoms with Gasteiger partial charge in [-0.05, 0) is 40.2 Å². The summed E-state index contributed by atoms with van der Waals surface area (Å²) in [6.45, 7) is 0. The number of nitrogens with zero attached hydrogens (tertiary/aromatic N) is 1. The first kappa shape index (κ1) is 12.0. The van der Waals surface area contributed by atoms with Gasteiger partial charge in [0.05, 0.1) is 26.4 Å². The number of hydrogen-bond acceptors (Lipinski definition) is 2. The van der Waals surface area contributed by atoms with Crippen molar-refractivity contribution < 1.29 is 0 Å². The fourth-order valence-corrected chi connectivity index (χ4v) is 1.97. The third-order valence-corrected chi connectivity index (χ3v) is 3.67. The number of benzene rings is 2. The normalized spacial score (nSPS) is 9.71. The fraction of sp³-hybridized carbons (Fsp3) is 0. The van der Waals surface area contributed by atoms with Crippen LogP contribution in [0, 0.1) is 11.3 Å². The number of nitriles is 1. The molecule has 0 bridgehead atoms. The average molecular weight is 308 g/mol. The Morgan fingerprint density at radius 2 is 1.76 bits per heavy atom. The molecule has 84 valence electrons. The van der Waals surface area contributed by atoms with E-state index in [4.69, 9.17) is 16.9 Å². The molecule has 0 saturated heterocycles. The molecule has 2 rings (SSSR count). The van der Waals surface area contributed by atoms with Crippen LogP contribution >= 0.6 is 27.5 Å². The van der Waals surface area contributed by atoms with E-state index in [1.807, 2.05) is 30.3 Å². The Balaban J connectivity index is 2.39. The lowest BCUT2D eigenvalue weighted by molar-refractivity contribution is 1.45. The highest BCUT2D eigenvalue weighted by atomic mass is 79.9. The molecule has 0 heterocycles. The van der Waals surface area contributed by atoms with Gasteiger partial charge in [-0.2, -0.15) is 5.26 Å². The number of halogens is 2. The molecular weight excluding hydrogens is 300 g/mol. The molecule has 0 aliphatic heterocycles. The molecule has 1 N–H and O–H groups in total. The zero-order valence-electron chi connectivity index (χ0n) is 8.74. The Morgan fingerprint density at radius 1 is 1.06 bits per heavy atom. The molecule has 4 heteroatoms. The average Bonchev–Trinajstić information content (AvgIpc) is 2.35. The molecular formula is C13H8BrClN2. The topological polar surface area (TPSA) is 35.8 Å². The largest absolute Gasteiger partial charge is 0.353 e. The Morgan fingerprint density at radius 3 is 2.53 bits per heavy atom. The Hall–Kier alpha value is -1.50. The summed E-state index contributed by atoms with van der Waals surface area (Å²) in [4.78, 5) is 0. The summed E-state index contributed by atoms with van der Waals surface area (Å²) < 4.78 is 0.786. The summed E-state index contributed by atoms with van der Waals surface area (Å²) in [7, 11) is 0. The summed E-state index contributed by atoms with van der Waals surface area (Å²) in [6.07, 6.45) is 0. The molecule has 0 saturated carbocycles. The SMILES string of the molecule is N#Cc1ccccc1Nc1cccc(Cl)c1Br. The van der Waals surface area contributed by atoms with E-state index < -0.39 is 0 Å². The Kier molecular flexibility index (Phi) is 3.68. The van der Waals surface area contributed by atoms with E-state index in [1.165, 1.54) is 0 Å². The summed E-state index contributed by atoms with van der Waals surface area (Å²) in [5.74, 6) is 0. The highest BCUT2D eigenvalue weighted by molar-refractivity contribution is 9.10. The molecule has 0 aliphatic rings. The van der Waals surface area contributed by atoms with Crippen LogP contribution in [0.4, 0.5) is 11.4 Å². The second kappa shape index (κ2) is 5.22. The van der Waals surface area contributed by atoms with Crippen molar-refractivity contribution in [3.63, 3.8) is 0 Å². The van der Waals surface area contributed by atoms with Gasteiger partial charge in [-0.25, -0.2) is 0 Å². The van der Waals surface area contributed by atoms with E-state index in [2.05, 4.69) is 27.3 Å². The van der Waals surface area contributed by atoms with Gasteiger partial charge in [0.15, 0.2) is 0 Å². The highest BCUT2D eigenvalue weighted by Crippen LogP contribution is 2.32. The van der Waals surface area contributed by atoms with Crippen molar-refractivity contribution in [1.82, 2.24) is 0 Å². The molecule has 2 aromatic rings. The Bertz CT molecular complexity index is 590. The number of rotatable bonds is 2. The van der Waals surface area contributed by atoms with Crippen LogP contribution in [0.1, 0.15) is 5.56 Å². The predicted molar refractivity (Wildman–Crippen MR) is 73.6 cm³/mol. The molecule has 0 unspecified atom stereocenters. The zero-order valence-corrected chi connectivity index (χ0v) is 11.1. The van der Waals surface area contributed by atoms with Crippen molar-refractivity contribution in [1.29, 1.82) is 5.26 Å². The molecule has 17 heavy (non-hydrogen) atoms. The molecule has 0 aliphatic carbocycles. The smallest absolute Gasteiger partial charge is 0.101 e. The second-order valence-electron chi connectivity index (χ2n) is 3.38. The van der Waals surface area contributed by atoms with Gasteiger partial charge in [-0.1, -0.05) is 29.8 Å². The van der Waals surface area contributed by atoms with Crippen molar-refractivity contribution in [3.8, 4) is 6.07 Å². The number of nitrogens with one attached hydrogen (secondary N) is 1. The van der Waals surface area contributed by atoms with Crippen LogP contribution in [0.2, 0.25) is 5.02 Å². The second-order valence-corrected chi connectivity index (χ2v) is 4.58. The minimum atomic E-state index is 0.597. The maximum Gasteiger partial charge on any atom is 0.101 e. The highest BCUT2D eigenvalue weighted by Gasteiger charge is 2.06. The van der Waals surface area contributed by atoms with Crippen LogP contribution in [0.3, 0.4) is 0 Å². The van der Waals surface area contributed by atoms with Crippen LogP contribution < -0.4 is 5.32 Å². The summed E-state index contributed by atoms with van der Waals surface area (Å²) in [5.41, 5.74) is 2.19. The van der Waals surface area contributed by atoms with E-state index in [0.29, 0.717) is 10.6 Å². The van der Waals surface area contributed by atoms with Crippen LogP contribution in [-0.4, -0.2) is 0 Å². The molecule has 2 aromatic carbocycles. The van der Waals surface area contributed by atoms with E-state index in [-0.39, 0.29) is 0 Å². The van der Waals surface area contributed by atoms with Gasteiger partial charge in [0, 0.05) is 0 Å². The van der Waals surface area contributed by atoms with Gasteiger partial charge in [0.2, 0.25) is 0 Å². The van der Waals surface area contributed by atoms with Crippen LogP contribution in [0.15, 0.2) is 46.9 Å². The fourth-order valence-electron chi connectivity index (χ4n) is 1.44. The van der Waals surface area contributed by atoms with Crippen molar-refractivity contribution in [2.75, 3.05) is 5.32 Å². The maximum absolute atomic E-state index is 8.99. The van der Waals surface area contributed by atoms with E-state index in [0.717, 1.165) is 15.8 Å². The lowest BCUT2D eigenvalue weighted by Crippen LogP contribution is -1.94. The number of anilines is 2. The van der Waals surface area contributed by atoms with Crippen molar-refractivity contribution in [2.45, 2.75) is 0 Å². The third kappa shape index (κ3) is 2.60. The van der Waals surface area contributed by atoms with Gasteiger partial charge >= 0.3 is 0 Å². The van der Waals surface area contributed by atoms with Gasteiger partial charge in [0.25, 0.3) is 0 Å². The van der Waals surface area contributed by atoms with Crippen LogP contribution in [0.25, 0.3) is 0 Å².